The van der Waals surface area contributed by atoms with E-state index in [4.69, 9.17) is 5.11 Å². The van der Waals surface area contributed by atoms with Crippen LogP contribution in [0.1, 0.15) is 43.0 Å². The predicted molar refractivity (Wildman–Crippen MR) is 73.1 cm³/mol. The van der Waals surface area contributed by atoms with Crippen LogP contribution in [0.2, 0.25) is 0 Å². The SMILES string of the molecule is CCc1ccc2[nH]c(C)c(C(C)CC(=O)O)c2c1. The second-order valence-electron chi connectivity index (χ2n) is 4.90. The lowest BCUT2D eigenvalue weighted by Gasteiger charge is -2.09. The summed E-state index contributed by atoms with van der Waals surface area (Å²) in [5.41, 5.74) is 4.59. The van der Waals surface area contributed by atoms with Crippen LogP contribution < -0.4 is 0 Å². The molecule has 0 aliphatic heterocycles. The molecule has 0 saturated carbocycles. The molecule has 0 aliphatic carbocycles. The molecule has 18 heavy (non-hydrogen) atoms. The summed E-state index contributed by atoms with van der Waals surface area (Å²) in [5, 5.41) is 10.1. The number of carboxylic acids is 1. The lowest BCUT2D eigenvalue weighted by atomic mass is 9.94. The zero-order valence-corrected chi connectivity index (χ0v) is 11.1. The highest BCUT2D eigenvalue weighted by Crippen LogP contribution is 2.31. The summed E-state index contributed by atoms with van der Waals surface area (Å²) >= 11 is 0. The molecule has 0 fully saturated rings. The smallest absolute Gasteiger partial charge is 0.303 e. The molecule has 1 aromatic heterocycles. The highest BCUT2D eigenvalue weighted by atomic mass is 16.4. The van der Waals surface area contributed by atoms with Gasteiger partial charge in [-0.15, -0.1) is 0 Å². The van der Waals surface area contributed by atoms with Gasteiger partial charge < -0.3 is 10.1 Å². The van der Waals surface area contributed by atoms with Crippen molar-refractivity contribution in [1.29, 1.82) is 0 Å². The van der Waals surface area contributed by atoms with E-state index in [1.165, 1.54) is 10.9 Å². The Hall–Kier alpha value is -1.77. The minimum absolute atomic E-state index is 0.0309. The first-order valence-electron chi connectivity index (χ1n) is 6.35. The van der Waals surface area contributed by atoms with Crippen LogP contribution >= 0.6 is 0 Å². The first-order chi connectivity index (χ1) is 8.52. The number of carboxylic acid groups (broad SMARTS) is 1. The fourth-order valence-electron chi connectivity index (χ4n) is 2.61. The molecule has 1 aromatic carbocycles. The van der Waals surface area contributed by atoms with Gasteiger partial charge in [-0.1, -0.05) is 19.9 Å². The summed E-state index contributed by atoms with van der Waals surface area (Å²) in [7, 11) is 0. The number of aryl methyl sites for hydroxylation is 2. The van der Waals surface area contributed by atoms with E-state index in [1.807, 2.05) is 13.8 Å². The maximum Gasteiger partial charge on any atom is 0.303 e. The van der Waals surface area contributed by atoms with Crippen LogP contribution in [0.5, 0.6) is 0 Å². The lowest BCUT2D eigenvalue weighted by molar-refractivity contribution is -0.137. The number of H-pyrrole nitrogens is 1. The molecule has 3 nitrogen and oxygen atoms in total. The number of rotatable bonds is 4. The van der Waals surface area contributed by atoms with E-state index in [2.05, 4.69) is 30.1 Å². The van der Waals surface area contributed by atoms with Crippen LogP contribution in [0, 0.1) is 6.92 Å². The maximum atomic E-state index is 10.9. The molecule has 0 spiro atoms. The summed E-state index contributed by atoms with van der Waals surface area (Å²) in [6.07, 6.45) is 1.16. The number of nitrogens with one attached hydrogen (secondary N) is 1. The van der Waals surface area contributed by atoms with Crippen molar-refractivity contribution < 1.29 is 9.90 Å². The van der Waals surface area contributed by atoms with Gasteiger partial charge in [-0.25, -0.2) is 0 Å². The Morgan fingerprint density at radius 1 is 1.44 bits per heavy atom. The Kier molecular flexibility index (Phi) is 3.41. The van der Waals surface area contributed by atoms with E-state index >= 15 is 0 Å². The van der Waals surface area contributed by atoms with Crippen molar-refractivity contribution in [1.82, 2.24) is 4.98 Å². The zero-order valence-electron chi connectivity index (χ0n) is 11.1. The Labute approximate surface area is 107 Å². The van der Waals surface area contributed by atoms with Crippen molar-refractivity contribution in [3.8, 4) is 0 Å². The molecule has 2 aromatic rings. The summed E-state index contributed by atoms with van der Waals surface area (Å²) in [6, 6.07) is 6.37. The summed E-state index contributed by atoms with van der Waals surface area (Å²) in [5.74, 6) is -0.716. The highest BCUT2D eigenvalue weighted by molar-refractivity contribution is 5.86. The molecule has 3 heteroatoms. The molecule has 1 atom stereocenters. The average molecular weight is 245 g/mol. The Morgan fingerprint density at radius 3 is 2.78 bits per heavy atom. The second kappa shape index (κ2) is 4.84. The molecule has 0 saturated heterocycles. The fraction of sp³-hybridized carbons (Fsp3) is 0.400. The summed E-state index contributed by atoms with van der Waals surface area (Å²) in [4.78, 5) is 14.2. The number of aromatic amines is 1. The van der Waals surface area contributed by atoms with Crippen molar-refractivity contribution in [2.24, 2.45) is 0 Å². The van der Waals surface area contributed by atoms with Gasteiger partial charge in [0.15, 0.2) is 0 Å². The summed E-state index contributed by atoms with van der Waals surface area (Å²) in [6.45, 7) is 6.11. The van der Waals surface area contributed by atoms with E-state index in [1.54, 1.807) is 0 Å². The monoisotopic (exact) mass is 245 g/mol. The Bertz CT molecular complexity index is 583. The number of aromatic nitrogens is 1. The standard InChI is InChI=1S/C15H19NO2/c1-4-11-5-6-13-12(8-11)15(10(3)16-13)9(2)7-14(17)18/h5-6,8-9,16H,4,7H2,1-3H3,(H,17,18). The van der Waals surface area contributed by atoms with E-state index < -0.39 is 5.97 Å². The summed E-state index contributed by atoms with van der Waals surface area (Å²) < 4.78 is 0. The second-order valence-corrected chi connectivity index (χ2v) is 4.90. The molecule has 0 amide bonds. The number of hydrogen-bond donors (Lipinski definition) is 2. The molecule has 96 valence electrons. The van der Waals surface area contributed by atoms with Crippen LogP contribution in [-0.2, 0) is 11.2 Å². The zero-order chi connectivity index (χ0) is 13.3. The van der Waals surface area contributed by atoms with Gasteiger partial charge >= 0.3 is 5.97 Å². The molecular weight excluding hydrogens is 226 g/mol. The first-order valence-corrected chi connectivity index (χ1v) is 6.35. The predicted octanol–water partition coefficient (Wildman–Crippen LogP) is 3.62. The van der Waals surface area contributed by atoms with Crippen molar-refractivity contribution in [2.75, 3.05) is 0 Å². The van der Waals surface area contributed by atoms with Crippen LogP contribution in [0.15, 0.2) is 18.2 Å². The third-order valence-corrected chi connectivity index (χ3v) is 3.48. The number of fused-ring (bicyclic) bond motifs is 1. The topological polar surface area (TPSA) is 53.1 Å². The first kappa shape index (κ1) is 12.7. The number of aliphatic carboxylic acids is 1. The fourth-order valence-corrected chi connectivity index (χ4v) is 2.61. The number of benzene rings is 1. The lowest BCUT2D eigenvalue weighted by Crippen LogP contribution is -2.03. The Morgan fingerprint density at radius 2 is 2.17 bits per heavy atom. The molecule has 0 bridgehead atoms. The minimum Gasteiger partial charge on any atom is -0.481 e. The third-order valence-electron chi connectivity index (χ3n) is 3.48. The van der Waals surface area contributed by atoms with Crippen molar-refractivity contribution in [3.05, 3.63) is 35.0 Å². The van der Waals surface area contributed by atoms with Crippen molar-refractivity contribution in [2.45, 2.75) is 39.5 Å². The van der Waals surface area contributed by atoms with Gasteiger partial charge in [-0.05, 0) is 42.5 Å². The van der Waals surface area contributed by atoms with Crippen LogP contribution in [-0.4, -0.2) is 16.1 Å². The van der Waals surface area contributed by atoms with E-state index in [0.717, 1.165) is 23.2 Å². The largest absolute Gasteiger partial charge is 0.481 e. The van der Waals surface area contributed by atoms with Gasteiger partial charge in [0, 0.05) is 16.6 Å². The van der Waals surface area contributed by atoms with Gasteiger partial charge in [0.25, 0.3) is 0 Å². The van der Waals surface area contributed by atoms with Crippen LogP contribution in [0.4, 0.5) is 0 Å². The molecule has 2 rings (SSSR count). The molecular formula is C15H19NO2. The van der Waals surface area contributed by atoms with E-state index in [0.29, 0.717) is 0 Å². The van der Waals surface area contributed by atoms with Gasteiger partial charge in [-0.2, -0.15) is 0 Å². The van der Waals surface area contributed by atoms with E-state index in [-0.39, 0.29) is 12.3 Å². The Balaban J connectivity index is 2.53. The molecule has 0 aliphatic rings. The van der Waals surface area contributed by atoms with Gasteiger partial charge in [0.05, 0.1) is 6.42 Å². The molecule has 1 heterocycles. The van der Waals surface area contributed by atoms with Crippen LogP contribution in [0.25, 0.3) is 10.9 Å². The number of hydrogen-bond acceptors (Lipinski definition) is 1. The van der Waals surface area contributed by atoms with E-state index in [9.17, 15) is 4.79 Å². The van der Waals surface area contributed by atoms with Crippen molar-refractivity contribution in [3.63, 3.8) is 0 Å². The number of carbonyl (C=O) groups is 1. The minimum atomic E-state index is -0.747. The highest BCUT2D eigenvalue weighted by Gasteiger charge is 2.17. The molecule has 1 unspecified atom stereocenters. The van der Waals surface area contributed by atoms with Gasteiger partial charge in [0.1, 0.15) is 0 Å². The normalized spacial score (nSPS) is 12.8. The molecule has 0 radical (unpaired) electrons. The van der Waals surface area contributed by atoms with Crippen LogP contribution in [0.3, 0.4) is 0 Å². The average Bonchev–Trinajstić information content (AvgIpc) is 2.62. The third kappa shape index (κ3) is 2.26. The maximum absolute atomic E-state index is 10.9. The van der Waals surface area contributed by atoms with Crippen molar-refractivity contribution >= 4 is 16.9 Å². The molecule has 2 N–H and O–H groups in total. The van der Waals surface area contributed by atoms with Gasteiger partial charge in [0.2, 0.25) is 0 Å². The van der Waals surface area contributed by atoms with Gasteiger partial charge in [-0.3, -0.25) is 4.79 Å². The quantitative estimate of drug-likeness (QED) is 0.864.